The number of likely N-dealkylation sites (tertiary alicyclic amines) is 1. The first-order valence-corrected chi connectivity index (χ1v) is 9.25. The number of halogens is 1. The minimum absolute atomic E-state index is 0.00184. The van der Waals surface area contributed by atoms with Gasteiger partial charge in [0.05, 0.1) is 5.75 Å². The minimum atomic E-state index is 0.00184. The first-order valence-electron chi connectivity index (χ1n) is 7.88. The van der Waals surface area contributed by atoms with Crippen LogP contribution in [0.25, 0.3) is 0 Å². The van der Waals surface area contributed by atoms with Crippen molar-refractivity contribution in [1.29, 1.82) is 0 Å². The fourth-order valence-electron chi connectivity index (χ4n) is 2.40. The number of anilines is 1. The molecule has 1 aliphatic heterocycles. The Morgan fingerprint density at radius 3 is 2.78 bits per heavy atom. The lowest BCUT2D eigenvalue weighted by molar-refractivity contribution is -0.118. The topological polar surface area (TPSA) is 61.4 Å². The summed E-state index contributed by atoms with van der Waals surface area (Å²) in [5.74, 6) is 1.03. The highest BCUT2D eigenvalue weighted by atomic mass is 35.5. The number of nitrogens with one attached hydrogen (secondary N) is 1. The van der Waals surface area contributed by atoms with Gasteiger partial charge in [0.1, 0.15) is 11.0 Å². The smallest absolute Gasteiger partial charge is 0.230 e. The molecule has 128 valence electrons. The third-order valence-electron chi connectivity index (χ3n) is 3.65. The van der Waals surface area contributed by atoms with Gasteiger partial charge in [-0.1, -0.05) is 29.8 Å². The van der Waals surface area contributed by atoms with Gasteiger partial charge in [-0.15, -0.1) is 0 Å². The number of nitrogens with zero attached hydrogens (tertiary/aromatic N) is 4. The Morgan fingerprint density at radius 1 is 1.35 bits per heavy atom. The summed E-state index contributed by atoms with van der Waals surface area (Å²) in [6, 6.07) is 1.70. The summed E-state index contributed by atoms with van der Waals surface area (Å²) in [6.07, 6.45) is 3.86. The van der Waals surface area contributed by atoms with Crippen LogP contribution < -0.4 is 10.2 Å². The first-order chi connectivity index (χ1) is 11.0. The van der Waals surface area contributed by atoms with E-state index in [-0.39, 0.29) is 5.91 Å². The van der Waals surface area contributed by atoms with Crippen molar-refractivity contribution >= 4 is 35.1 Å². The Morgan fingerprint density at radius 2 is 2.09 bits per heavy atom. The van der Waals surface area contributed by atoms with Crippen LogP contribution in [0.1, 0.15) is 19.3 Å². The Labute approximate surface area is 147 Å². The lowest BCUT2D eigenvalue weighted by Gasteiger charge is -2.26. The standard InChI is InChI=1S/C15H24ClN5OS/c1-20(2)13-10-12(16)18-15(19-13)23-11-14(22)17-6-9-21-7-4-3-5-8-21/h10H,3-9,11H2,1-2H3,(H,17,22). The van der Waals surface area contributed by atoms with E-state index in [0.29, 0.717) is 22.6 Å². The van der Waals surface area contributed by atoms with E-state index in [1.165, 1.54) is 31.0 Å². The Bertz CT molecular complexity index is 523. The monoisotopic (exact) mass is 357 g/mol. The van der Waals surface area contributed by atoms with Gasteiger partial charge in [-0.05, 0) is 25.9 Å². The van der Waals surface area contributed by atoms with Crippen LogP contribution in [0.15, 0.2) is 11.2 Å². The molecule has 0 unspecified atom stereocenters. The molecule has 0 aromatic carbocycles. The SMILES string of the molecule is CN(C)c1cc(Cl)nc(SCC(=O)NCCN2CCCCC2)n1. The van der Waals surface area contributed by atoms with Gasteiger partial charge in [-0.25, -0.2) is 9.97 Å². The molecule has 2 heterocycles. The number of carbonyl (C=O) groups is 1. The molecule has 1 aromatic heterocycles. The van der Waals surface area contributed by atoms with E-state index in [4.69, 9.17) is 11.6 Å². The fourth-order valence-corrected chi connectivity index (χ4v) is 3.31. The van der Waals surface area contributed by atoms with Crippen molar-refractivity contribution in [3.05, 3.63) is 11.2 Å². The molecule has 1 N–H and O–H groups in total. The van der Waals surface area contributed by atoms with Crippen LogP contribution in [-0.2, 0) is 4.79 Å². The maximum Gasteiger partial charge on any atom is 0.230 e. The molecule has 2 rings (SSSR count). The van der Waals surface area contributed by atoms with E-state index >= 15 is 0 Å². The average molecular weight is 358 g/mol. The number of thioether (sulfide) groups is 1. The Kier molecular flexibility index (Phi) is 7.39. The highest BCUT2D eigenvalue weighted by molar-refractivity contribution is 7.99. The number of rotatable bonds is 7. The van der Waals surface area contributed by atoms with Crippen LogP contribution in [0.5, 0.6) is 0 Å². The molecule has 6 nitrogen and oxygen atoms in total. The molecule has 0 aliphatic carbocycles. The van der Waals surface area contributed by atoms with Crippen molar-refractivity contribution in [3.8, 4) is 0 Å². The van der Waals surface area contributed by atoms with Crippen LogP contribution in [0.3, 0.4) is 0 Å². The highest BCUT2D eigenvalue weighted by Crippen LogP contribution is 2.20. The normalized spacial score (nSPS) is 15.4. The summed E-state index contributed by atoms with van der Waals surface area (Å²) in [4.78, 5) is 24.7. The summed E-state index contributed by atoms with van der Waals surface area (Å²) < 4.78 is 0. The number of hydrogen-bond donors (Lipinski definition) is 1. The highest BCUT2D eigenvalue weighted by Gasteiger charge is 2.11. The Balaban J connectivity index is 1.71. The van der Waals surface area contributed by atoms with Crippen molar-refractivity contribution in [2.45, 2.75) is 24.4 Å². The van der Waals surface area contributed by atoms with E-state index in [2.05, 4.69) is 20.2 Å². The van der Waals surface area contributed by atoms with E-state index in [0.717, 1.165) is 25.5 Å². The second kappa shape index (κ2) is 9.30. The summed E-state index contributed by atoms with van der Waals surface area (Å²) in [7, 11) is 3.78. The minimum Gasteiger partial charge on any atom is -0.363 e. The predicted molar refractivity (Wildman–Crippen MR) is 95.4 cm³/mol. The third kappa shape index (κ3) is 6.53. The van der Waals surface area contributed by atoms with Gasteiger partial charge in [-0.3, -0.25) is 4.79 Å². The Hall–Kier alpha value is -1.05. The fraction of sp³-hybridized carbons (Fsp3) is 0.667. The quantitative estimate of drug-likeness (QED) is 0.457. The summed E-state index contributed by atoms with van der Waals surface area (Å²) >= 11 is 7.28. The second-order valence-corrected chi connectivity index (χ2v) is 7.10. The van der Waals surface area contributed by atoms with Crippen molar-refractivity contribution in [3.63, 3.8) is 0 Å². The van der Waals surface area contributed by atoms with Gasteiger partial charge >= 0.3 is 0 Å². The molecule has 1 aromatic rings. The van der Waals surface area contributed by atoms with Gasteiger partial charge in [0.25, 0.3) is 0 Å². The average Bonchev–Trinajstić information content (AvgIpc) is 2.53. The predicted octanol–water partition coefficient (Wildman–Crippen LogP) is 1.89. The molecule has 0 atom stereocenters. The van der Waals surface area contributed by atoms with Crippen LogP contribution in [-0.4, -0.2) is 66.8 Å². The number of amides is 1. The molecule has 1 amide bonds. The molecule has 0 saturated carbocycles. The molecular formula is C15H24ClN5OS. The van der Waals surface area contributed by atoms with Crippen LogP contribution in [0, 0.1) is 0 Å². The largest absolute Gasteiger partial charge is 0.363 e. The second-order valence-electron chi connectivity index (χ2n) is 5.77. The van der Waals surface area contributed by atoms with Gasteiger partial charge < -0.3 is 15.1 Å². The van der Waals surface area contributed by atoms with E-state index in [9.17, 15) is 4.79 Å². The van der Waals surface area contributed by atoms with E-state index in [1.54, 1.807) is 6.07 Å². The zero-order valence-corrected chi connectivity index (χ0v) is 15.3. The molecule has 1 aliphatic rings. The van der Waals surface area contributed by atoms with Gasteiger partial charge in [0, 0.05) is 33.3 Å². The van der Waals surface area contributed by atoms with Crippen molar-refractivity contribution < 1.29 is 4.79 Å². The molecule has 0 bridgehead atoms. The summed E-state index contributed by atoms with van der Waals surface area (Å²) in [5, 5.41) is 3.86. The first kappa shape index (κ1) is 18.3. The maximum absolute atomic E-state index is 11.9. The number of carbonyl (C=O) groups excluding carboxylic acids is 1. The van der Waals surface area contributed by atoms with Gasteiger partial charge in [0.2, 0.25) is 5.91 Å². The molecule has 1 fully saturated rings. The van der Waals surface area contributed by atoms with Crippen molar-refractivity contribution in [2.75, 3.05) is 50.9 Å². The molecule has 1 saturated heterocycles. The van der Waals surface area contributed by atoms with Crippen LogP contribution >= 0.6 is 23.4 Å². The zero-order chi connectivity index (χ0) is 16.7. The third-order valence-corrected chi connectivity index (χ3v) is 4.69. The van der Waals surface area contributed by atoms with E-state index < -0.39 is 0 Å². The summed E-state index contributed by atoms with van der Waals surface area (Å²) in [5.41, 5.74) is 0. The molecule has 8 heteroatoms. The lowest BCUT2D eigenvalue weighted by atomic mass is 10.1. The summed E-state index contributed by atoms with van der Waals surface area (Å²) in [6.45, 7) is 3.91. The van der Waals surface area contributed by atoms with Crippen LogP contribution in [0.2, 0.25) is 5.15 Å². The number of aromatic nitrogens is 2. The molecular weight excluding hydrogens is 334 g/mol. The van der Waals surface area contributed by atoms with Crippen molar-refractivity contribution in [1.82, 2.24) is 20.2 Å². The zero-order valence-electron chi connectivity index (χ0n) is 13.7. The number of hydrogen-bond acceptors (Lipinski definition) is 6. The van der Waals surface area contributed by atoms with Crippen molar-refractivity contribution in [2.24, 2.45) is 0 Å². The maximum atomic E-state index is 11.9. The molecule has 23 heavy (non-hydrogen) atoms. The van der Waals surface area contributed by atoms with Crippen LogP contribution in [0.4, 0.5) is 5.82 Å². The van der Waals surface area contributed by atoms with Gasteiger partial charge in [-0.2, -0.15) is 0 Å². The van der Waals surface area contributed by atoms with Gasteiger partial charge in [0.15, 0.2) is 5.16 Å². The molecule has 0 spiro atoms. The molecule has 0 radical (unpaired) electrons. The lowest BCUT2D eigenvalue weighted by Crippen LogP contribution is -2.38. The number of piperidine rings is 1. The van der Waals surface area contributed by atoms with E-state index in [1.807, 2.05) is 19.0 Å².